The molecular formula is C16H20BFN2O2. The van der Waals surface area contributed by atoms with Crippen molar-refractivity contribution in [2.75, 3.05) is 0 Å². The molecule has 1 aromatic carbocycles. The Labute approximate surface area is 130 Å². The average molecular weight is 302 g/mol. The molecule has 1 aliphatic heterocycles. The highest BCUT2D eigenvalue weighted by Gasteiger charge is 2.52. The summed E-state index contributed by atoms with van der Waals surface area (Å²) in [6.45, 7) is 9.74. The van der Waals surface area contributed by atoms with Crippen molar-refractivity contribution in [2.45, 2.75) is 45.8 Å². The highest BCUT2D eigenvalue weighted by molar-refractivity contribution is 6.62. The number of rotatable bonds is 2. The average Bonchev–Trinajstić information content (AvgIpc) is 2.91. The summed E-state index contributed by atoms with van der Waals surface area (Å²) >= 11 is 0. The van der Waals surface area contributed by atoms with Crippen molar-refractivity contribution >= 4 is 12.6 Å². The van der Waals surface area contributed by atoms with Gasteiger partial charge in [-0.05, 0) is 52.3 Å². The summed E-state index contributed by atoms with van der Waals surface area (Å²) in [5.74, 6) is -0.357. The van der Waals surface area contributed by atoms with Crippen LogP contribution in [-0.4, -0.2) is 28.1 Å². The summed E-state index contributed by atoms with van der Waals surface area (Å²) in [4.78, 5) is 0. The van der Waals surface area contributed by atoms with E-state index in [0.717, 1.165) is 5.56 Å². The first-order valence-corrected chi connectivity index (χ1v) is 7.36. The Bertz CT molecular complexity index is 696. The second kappa shape index (κ2) is 4.93. The first kappa shape index (κ1) is 15.2. The second-order valence-corrected chi connectivity index (χ2v) is 6.76. The van der Waals surface area contributed by atoms with Crippen molar-refractivity contribution in [1.29, 1.82) is 0 Å². The minimum absolute atomic E-state index is 0.357. The van der Waals surface area contributed by atoms with Crippen LogP contribution in [0.15, 0.2) is 30.6 Å². The van der Waals surface area contributed by atoms with Crippen LogP contribution in [0.5, 0.6) is 0 Å². The lowest BCUT2D eigenvalue weighted by Crippen LogP contribution is -2.41. The van der Waals surface area contributed by atoms with Gasteiger partial charge in [0.25, 0.3) is 0 Å². The second-order valence-electron chi connectivity index (χ2n) is 6.76. The highest BCUT2D eigenvalue weighted by Crippen LogP contribution is 2.36. The van der Waals surface area contributed by atoms with Crippen molar-refractivity contribution in [3.05, 3.63) is 42.0 Å². The van der Waals surface area contributed by atoms with Gasteiger partial charge in [-0.2, -0.15) is 5.10 Å². The minimum Gasteiger partial charge on any atom is -0.399 e. The molecule has 3 rings (SSSR count). The summed E-state index contributed by atoms with van der Waals surface area (Å²) in [5.41, 5.74) is 1.14. The van der Waals surface area contributed by atoms with E-state index >= 15 is 0 Å². The molecule has 4 nitrogen and oxygen atoms in total. The van der Waals surface area contributed by atoms with E-state index in [-0.39, 0.29) is 5.82 Å². The molecule has 1 fully saturated rings. The lowest BCUT2D eigenvalue weighted by atomic mass is 9.78. The van der Waals surface area contributed by atoms with Gasteiger partial charge >= 0.3 is 7.12 Å². The van der Waals surface area contributed by atoms with Gasteiger partial charge in [0.1, 0.15) is 5.82 Å². The molecule has 1 saturated heterocycles. The third-order valence-corrected chi connectivity index (χ3v) is 4.47. The molecule has 0 spiro atoms. The molecule has 1 aromatic heterocycles. The molecule has 0 amide bonds. The van der Waals surface area contributed by atoms with Crippen LogP contribution in [0.1, 0.15) is 33.3 Å². The van der Waals surface area contributed by atoms with E-state index in [1.165, 1.54) is 6.07 Å². The van der Waals surface area contributed by atoms with Crippen LogP contribution in [0, 0.1) is 12.7 Å². The molecule has 2 aromatic rings. The number of hydrogen-bond donors (Lipinski definition) is 0. The van der Waals surface area contributed by atoms with E-state index in [9.17, 15) is 4.39 Å². The molecule has 116 valence electrons. The monoisotopic (exact) mass is 302 g/mol. The van der Waals surface area contributed by atoms with E-state index in [1.807, 2.05) is 46.9 Å². The zero-order chi connectivity index (χ0) is 16.1. The van der Waals surface area contributed by atoms with Gasteiger partial charge in [0, 0.05) is 11.7 Å². The zero-order valence-corrected chi connectivity index (χ0v) is 13.6. The van der Waals surface area contributed by atoms with E-state index in [4.69, 9.17) is 9.31 Å². The fourth-order valence-corrected chi connectivity index (χ4v) is 2.37. The van der Waals surface area contributed by atoms with E-state index in [0.29, 0.717) is 11.2 Å². The molecule has 0 saturated carbocycles. The molecule has 6 heteroatoms. The molecule has 0 atom stereocenters. The first-order valence-electron chi connectivity index (χ1n) is 7.36. The first-order chi connectivity index (χ1) is 10.2. The van der Waals surface area contributed by atoms with Crippen molar-refractivity contribution in [3.8, 4) is 5.69 Å². The van der Waals surface area contributed by atoms with Crippen LogP contribution >= 0.6 is 0 Å². The quantitative estimate of drug-likeness (QED) is 0.800. The Morgan fingerprint density at radius 3 is 2.27 bits per heavy atom. The topological polar surface area (TPSA) is 36.3 Å². The highest BCUT2D eigenvalue weighted by atomic mass is 19.1. The van der Waals surface area contributed by atoms with Gasteiger partial charge in [0.05, 0.1) is 23.1 Å². The SMILES string of the molecule is Cc1cnn(-c2ccc(B3OC(C)(C)C(C)(C)O3)c(F)c2)c1. The molecule has 0 aliphatic carbocycles. The number of aryl methyl sites for hydroxylation is 1. The normalized spacial score (nSPS) is 19.6. The third kappa shape index (κ3) is 2.46. The van der Waals surface area contributed by atoms with E-state index in [1.54, 1.807) is 16.9 Å². The van der Waals surface area contributed by atoms with Crippen molar-refractivity contribution < 1.29 is 13.7 Å². The van der Waals surface area contributed by atoms with Crippen LogP contribution in [0.4, 0.5) is 4.39 Å². The Kier molecular flexibility index (Phi) is 3.42. The maximum atomic E-state index is 14.5. The fourth-order valence-electron chi connectivity index (χ4n) is 2.37. The summed E-state index contributed by atoms with van der Waals surface area (Å²) in [5, 5.41) is 4.19. The summed E-state index contributed by atoms with van der Waals surface area (Å²) in [7, 11) is -0.696. The predicted octanol–water partition coefficient (Wildman–Crippen LogP) is 2.62. The number of nitrogens with zero attached hydrogens (tertiary/aromatic N) is 2. The van der Waals surface area contributed by atoms with Gasteiger partial charge in [0.2, 0.25) is 0 Å². The Morgan fingerprint density at radius 2 is 1.77 bits per heavy atom. The van der Waals surface area contributed by atoms with E-state index < -0.39 is 18.3 Å². The van der Waals surface area contributed by atoms with E-state index in [2.05, 4.69) is 5.10 Å². The third-order valence-electron chi connectivity index (χ3n) is 4.47. The fraction of sp³-hybridized carbons (Fsp3) is 0.438. The summed E-state index contributed by atoms with van der Waals surface area (Å²) in [6.07, 6.45) is 3.59. The summed E-state index contributed by atoms with van der Waals surface area (Å²) < 4.78 is 27.9. The lowest BCUT2D eigenvalue weighted by Gasteiger charge is -2.32. The summed E-state index contributed by atoms with van der Waals surface area (Å²) in [6, 6.07) is 4.96. The Hall–Kier alpha value is -1.66. The van der Waals surface area contributed by atoms with Crippen LogP contribution in [0.25, 0.3) is 5.69 Å². The molecule has 0 bridgehead atoms. The number of aromatic nitrogens is 2. The predicted molar refractivity (Wildman–Crippen MR) is 84.0 cm³/mol. The van der Waals surface area contributed by atoms with Crippen LogP contribution in [-0.2, 0) is 9.31 Å². The number of benzene rings is 1. The van der Waals surface area contributed by atoms with Crippen molar-refractivity contribution in [2.24, 2.45) is 0 Å². The van der Waals surface area contributed by atoms with Crippen LogP contribution in [0.3, 0.4) is 0 Å². The van der Waals surface area contributed by atoms with Crippen molar-refractivity contribution in [1.82, 2.24) is 9.78 Å². The maximum absolute atomic E-state index is 14.5. The van der Waals surface area contributed by atoms with Gasteiger partial charge in [0.15, 0.2) is 0 Å². The lowest BCUT2D eigenvalue weighted by molar-refractivity contribution is 0.00578. The van der Waals surface area contributed by atoms with Gasteiger partial charge in [-0.3, -0.25) is 0 Å². The van der Waals surface area contributed by atoms with Gasteiger partial charge in [-0.15, -0.1) is 0 Å². The molecule has 0 radical (unpaired) electrons. The standard InChI is InChI=1S/C16H20BFN2O2/c1-11-9-19-20(10-11)12-6-7-13(14(18)8-12)17-21-15(2,3)16(4,5)22-17/h6-10H,1-5H3. The Morgan fingerprint density at radius 1 is 1.14 bits per heavy atom. The smallest absolute Gasteiger partial charge is 0.399 e. The number of halogens is 1. The number of hydrogen-bond acceptors (Lipinski definition) is 3. The largest absolute Gasteiger partial charge is 0.497 e. The van der Waals surface area contributed by atoms with Gasteiger partial charge < -0.3 is 9.31 Å². The zero-order valence-electron chi connectivity index (χ0n) is 13.6. The van der Waals surface area contributed by atoms with Crippen LogP contribution in [0.2, 0.25) is 0 Å². The van der Waals surface area contributed by atoms with Crippen LogP contribution < -0.4 is 5.46 Å². The van der Waals surface area contributed by atoms with Gasteiger partial charge in [-0.25, -0.2) is 9.07 Å². The molecule has 0 unspecified atom stereocenters. The Balaban J connectivity index is 1.91. The minimum atomic E-state index is -0.696. The molecule has 0 N–H and O–H groups in total. The molecular weight excluding hydrogens is 282 g/mol. The maximum Gasteiger partial charge on any atom is 0.497 e. The molecule has 1 aliphatic rings. The van der Waals surface area contributed by atoms with Crippen molar-refractivity contribution in [3.63, 3.8) is 0 Å². The van der Waals surface area contributed by atoms with Gasteiger partial charge in [-0.1, -0.05) is 6.07 Å². The molecule has 2 heterocycles. The molecule has 22 heavy (non-hydrogen) atoms.